The average Bonchev–Trinajstić information content (AvgIpc) is 2.33. The fourth-order valence-electron chi connectivity index (χ4n) is 1.87. The molecule has 1 N–H and O–H groups in total. The van der Waals surface area contributed by atoms with Gasteiger partial charge in [0.15, 0.2) is 0 Å². The molecule has 1 aromatic rings. The highest BCUT2D eigenvalue weighted by molar-refractivity contribution is 5.70. The molecule has 6 nitrogen and oxygen atoms in total. The molecule has 0 fully saturated rings. The predicted octanol–water partition coefficient (Wildman–Crippen LogP) is 2.72. The Hall–Kier alpha value is -1.95. The third-order valence-corrected chi connectivity index (χ3v) is 2.86. The predicted molar refractivity (Wildman–Crippen MR) is 80.0 cm³/mol. The molecule has 116 valence electrons. The Morgan fingerprint density at radius 3 is 2.62 bits per heavy atom. The van der Waals surface area contributed by atoms with Gasteiger partial charge in [0.25, 0.3) is 5.69 Å². The van der Waals surface area contributed by atoms with Gasteiger partial charge in [-0.25, -0.2) is 0 Å². The van der Waals surface area contributed by atoms with Gasteiger partial charge in [0.2, 0.25) is 0 Å². The summed E-state index contributed by atoms with van der Waals surface area (Å²) in [5.74, 6) is -0.259. The Morgan fingerprint density at radius 2 is 2.05 bits per heavy atom. The molecule has 0 saturated carbocycles. The largest absolute Gasteiger partial charge is 0.460 e. The van der Waals surface area contributed by atoms with Crippen LogP contribution in [0, 0.1) is 17.0 Å². The first-order valence-corrected chi connectivity index (χ1v) is 6.86. The summed E-state index contributed by atoms with van der Waals surface area (Å²) in [5, 5.41) is 14.0. The molecule has 0 aromatic heterocycles. The number of rotatable bonds is 6. The summed E-state index contributed by atoms with van der Waals surface area (Å²) in [5.41, 5.74) is 1.13. The summed E-state index contributed by atoms with van der Waals surface area (Å²) >= 11 is 0. The SMILES string of the molecule is Cc1c(CNCCC(=O)OC(C)(C)C)cccc1[N+](=O)[O-]. The van der Waals surface area contributed by atoms with Gasteiger partial charge < -0.3 is 10.1 Å². The molecule has 21 heavy (non-hydrogen) atoms. The molecule has 6 heteroatoms. The smallest absolute Gasteiger partial charge is 0.307 e. The van der Waals surface area contributed by atoms with Crippen molar-refractivity contribution in [3.05, 3.63) is 39.4 Å². The van der Waals surface area contributed by atoms with E-state index in [1.165, 1.54) is 6.07 Å². The van der Waals surface area contributed by atoms with Crippen molar-refractivity contribution in [3.63, 3.8) is 0 Å². The van der Waals surface area contributed by atoms with Crippen LogP contribution in [-0.4, -0.2) is 23.0 Å². The highest BCUT2D eigenvalue weighted by atomic mass is 16.6. The summed E-state index contributed by atoms with van der Waals surface area (Å²) in [6.07, 6.45) is 0.269. The van der Waals surface area contributed by atoms with Crippen LogP contribution in [0.1, 0.15) is 38.3 Å². The van der Waals surface area contributed by atoms with Crippen LogP contribution >= 0.6 is 0 Å². The maximum absolute atomic E-state index is 11.5. The summed E-state index contributed by atoms with van der Waals surface area (Å²) in [4.78, 5) is 22.0. The van der Waals surface area contributed by atoms with E-state index in [1.807, 2.05) is 26.8 Å². The number of nitro groups is 1. The van der Waals surface area contributed by atoms with Gasteiger partial charge in [-0.1, -0.05) is 12.1 Å². The number of hydrogen-bond acceptors (Lipinski definition) is 5. The van der Waals surface area contributed by atoms with Crippen molar-refractivity contribution in [3.8, 4) is 0 Å². The van der Waals surface area contributed by atoms with Crippen molar-refractivity contribution in [1.82, 2.24) is 5.32 Å². The van der Waals surface area contributed by atoms with Crippen molar-refractivity contribution < 1.29 is 14.5 Å². The Bertz CT molecular complexity index is 521. The van der Waals surface area contributed by atoms with Gasteiger partial charge in [-0.3, -0.25) is 14.9 Å². The third kappa shape index (κ3) is 5.91. The van der Waals surface area contributed by atoms with Crippen molar-refractivity contribution in [2.45, 2.75) is 46.3 Å². The Balaban J connectivity index is 2.45. The molecular weight excluding hydrogens is 272 g/mol. The topological polar surface area (TPSA) is 81.5 Å². The number of nitro benzene ring substituents is 1. The zero-order valence-electron chi connectivity index (χ0n) is 12.9. The van der Waals surface area contributed by atoms with Gasteiger partial charge >= 0.3 is 5.97 Å². The lowest BCUT2D eigenvalue weighted by Gasteiger charge is -2.19. The Morgan fingerprint density at radius 1 is 1.38 bits per heavy atom. The zero-order valence-corrected chi connectivity index (χ0v) is 12.9. The molecule has 0 radical (unpaired) electrons. The minimum absolute atomic E-state index is 0.112. The highest BCUT2D eigenvalue weighted by Crippen LogP contribution is 2.20. The Kier molecular flexibility index (Phi) is 5.84. The number of hydrogen-bond donors (Lipinski definition) is 1. The number of nitrogens with one attached hydrogen (secondary N) is 1. The highest BCUT2D eigenvalue weighted by Gasteiger charge is 2.16. The minimum atomic E-state index is -0.478. The van der Waals surface area contributed by atoms with Gasteiger partial charge in [0.05, 0.1) is 11.3 Å². The van der Waals surface area contributed by atoms with E-state index in [4.69, 9.17) is 4.74 Å². The minimum Gasteiger partial charge on any atom is -0.460 e. The van der Waals surface area contributed by atoms with E-state index in [1.54, 1.807) is 13.0 Å². The quantitative estimate of drug-likeness (QED) is 0.377. The van der Waals surface area contributed by atoms with Gasteiger partial charge in [0.1, 0.15) is 5.60 Å². The van der Waals surface area contributed by atoms with Crippen molar-refractivity contribution in [2.75, 3.05) is 6.54 Å². The summed E-state index contributed by atoms with van der Waals surface area (Å²) in [6.45, 7) is 8.15. The first kappa shape index (κ1) is 17.1. The van der Waals surface area contributed by atoms with E-state index >= 15 is 0 Å². The number of nitrogens with zero attached hydrogens (tertiary/aromatic N) is 1. The fourth-order valence-corrected chi connectivity index (χ4v) is 1.87. The number of benzene rings is 1. The Labute approximate surface area is 124 Å². The summed E-state index contributed by atoms with van der Waals surface area (Å²) < 4.78 is 5.20. The van der Waals surface area contributed by atoms with Gasteiger partial charge in [-0.2, -0.15) is 0 Å². The lowest BCUT2D eigenvalue weighted by Crippen LogP contribution is -2.26. The van der Waals surface area contributed by atoms with Crippen LogP contribution in [0.25, 0.3) is 0 Å². The number of ether oxygens (including phenoxy) is 1. The molecule has 0 saturated heterocycles. The van der Waals surface area contributed by atoms with Crippen LogP contribution < -0.4 is 5.32 Å². The summed E-state index contributed by atoms with van der Waals surface area (Å²) in [6, 6.07) is 4.98. The molecule has 0 heterocycles. The second-order valence-corrected chi connectivity index (χ2v) is 5.83. The average molecular weight is 294 g/mol. The first-order valence-electron chi connectivity index (χ1n) is 6.86. The molecule has 0 aliphatic heterocycles. The van der Waals surface area contributed by atoms with E-state index in [9.17, 15) is 14.9 Å². The summed E-state index contributed by atoms with van der Waals surface area (Å²) in [7, 11) is 0. The molecule has 0 unspecified atom stereocenters. The van der Waals surface area contributed by atoms with Crippen molar-refractivity contribution >= 4 is 11.7 Å². The molecule has 0 bridgehead atoms. The van der Waals surface area contributed by atoms with E-state index in [0.717, 1.165) is 5.56 Å². The number of carbonyl (C=O) groups is 1. The van der Waals surface area contributed by atoms with Crippen LogP contribution in [0.2, 0.25) is 0 Å². The van der Waals surface area contributed by atoms with Crippen LogP contribution in [-0.2, 0) is 16.1 Å². The lowest BCUT2D eigenvalue weighted by atomic mass is 10.1. The zero-order chi connectivity index (χ0) is 16.0. The third-order valence-electron chi connectivity index (χ3n) is 2.86. The monoisotopic (exact) mass is 294 g/mol. The first-order chi connectivity index (χ1) is 9.70. The lowest BCUT2D eigenvalue weighted by molar-refractivity contribution is -0.385. The normalized spacial score (nSPS) is 11.2. The standard InChI is InChI=1S/C15H22N2O4/c1-11-12(6-5-7-13(11)17(19)20)10-16-9-8-14(18)21-15(2,3)4/h5-7,16H,8-10H2,1-4H3. The van der Waals surface area contributed by atoms with Crippen molar-refractivity contribution in [2.24, 2.45) is 0 Å². The molecule has 0 amide bonds. The van der Waals surface area contributed by atoms with Crippen LogP contribution in [0.5, 0.6) is 0 Å². The molecular formula is C15H22N2O4. The molecule has 0 aliphatic rings. The number of carbonyl (C=O) groups excluding carboxylic acids is 1. The molecule has 1 aromatic carbocycles. The van der Waals surface area contributed by atoms with Gasteiger partial charge in [-0.05, 0) is 33.3 Å². The van der Waals surface area contributed by atoms with E-state index in [2.05, 4.69) is 5.32 Å². The molecule has 0 spiro atoms. The van der Waals surface area contributed by atoms with Crippen LogP contribution in [0.3, 0.4) is 0 Å². The maximum Gasteiger partial charge on any atom is 0.307 e. The van der Waals surface area contributed by atoms with E-state index < -0.39 is 5.60 Å². The second kappa shape index (κ2) is 7.17. The number of esters is 1. The van der Waals surface area contributed by atoms with Gasteiger partial charge in [0, 0.05) is 24.7 Å². The van der Waals surface area contributed by atoms with Gasteiger partial charge in [-0.15, -0.1) is 0 Å². The molecule has 0 aliphatic carbocycles. The molecule has 0 atom stereocenters. The van der Waals surface area contributed by atoms with Crippen molar-refractivity contribution in [1.29, 1.82) is 0 Å². The van der Waals surface area contributed by atoms with Crippen LogP contribution in [0.4, 0.5) is 5.69 Å². The maximum atomic E-state index is 11.5. The van der Waals surface area contributed by atoms with E-state index in [0.29, 0.717) is 18.7 Å². The fraction of sp³-hybridized carbons (Fsp3) is 0.533. The van der Waals surface area contributed by atoms with Crippen LogP contribution in [0.15, 0.2) is 18.2 Å². The second-order valence-electron chi connectivity index (χ2n) is 5.83. The van der Waals surface area contributed by atoms with E-state index in [-0.39, 0.29) is 23.0 Å². The molecule has 1 rings (SSSR count).